The number of rotatable bonds is 4. The Labute approximate surface area is 116 Å². The Hall–Kier alpha value is -0.440. The molecule has 17 heavy (non-hydrogen) atoms. The minimum atomic E-state index is -0.195. The number of hydrogen-bond acceptors (Lipinski definition) is 1. The van der Waals surface area contributed by atoms with Crippen molar-refractivity contribution in [2.75, 3.05) is 0 Å². The second-order valence-corrected chi connectivity index (χ2v) is 5.67. The lowest BCUT2D eigenvalue weighted by Gasteiger charge is -2.15. The number of nitrogens with one attached hydrogen (secondary N) is 1. The molecule has 1 N–H and O–H groups in total. The molecule has 2 atom stereocenters. The summed E-state index contributed by atoms with van der Waals surface area (Å²) < 4.78 is 0. The smallest absolute Gasteiger partial charge is 0.251 e. The maximum atomic E-state index is 11.9. The predicted molar refractivity (Wildman–Crippen MR) is 73.3 cm³/mol. The van der Waals surface area contributed by atoms with E-state index in [0.29, 0.717) is 22.0 Å². The third-order valence-corrected chi connectivity index (χ3v) is 2.80. The zero-order valence-corrected chi connectivity index (χ0v) is 11.9. The summed E-state index contributed by atoms with van der Waals surface area (Å²) >= 11 is 17.5. The van der Waals surface area contributed by atoms with E-state index < -0.39 is 0 Å². The van der Waals surface area contributed by atoms with Crippen LogP contribution in [0.15, 0.2) is 18.2 Å². The molecule has 0 radical (unpaired) electrons. The number of alkyl halides is 1. The molecule has 2 nitrogen and oxygen atoms in total. The maximum Gasteiger partial charge on any atom is 0.251 e. The Bertz CT molecular complexity index is 386. The van der Waals surface area contributed by atoms with Gasteiger partial charge in [-0.15, -0.1) is 11.6 Å². The molecule has 5 heteroatoms. The van der Waals surface area contributed by atoms with Crippen LogP contribution in [0, 0.1) is 0 Å². The van der Waals surface area contributed by atoms with Gasteiger partial charge in [-0.3, -0.25) is 4.79 Å². The SMILES string of the molecule is CC(Cl)CC(C)NC(=O)c1cc(Cl)cc(Cl)c1. The van der Waals surface area contributed by atoms with E-state index in [9.17, 15) is 4.79 Å². The summed E-state index contributed by atoms with van der Waals surface area (Å²) in [6.45, 7) is 3.80. The molecule has 2 unspecified atom stereocenters. The van der Waals surface area contributed by atoms with Crippen LogP contribution < -0.4 is 5.32 Å². The van der Waals surface area contributed by atoms with Gasteiger partial charge < -0.3 is 5.32 Å². The van der Waals surface area contributed by atoms with Gasteiger partial charge in [0.1, 0.15) is 0 Å². The molecular formula is C12H14Cl3NO. The molecule has 0 saturated heterocycles. The number of benzene rings is 1. The van der Waals surface area contributed by atoms with Crippen LogP contribution >= 0.6 is 34.8 Å². The first kappa shape index (κ1) is 14.6. The summed E-state index contributed by atoms with van der Waals surface area (Å²) in [5, 5.41) is 3.75. The van der Waals surface area contributed by atoms with Crippen molar-refractivity contribution in [2.45, 2.75) is 31.7 Å². The summed E-state index contributed by atoms with van der Waals surface area (Å²) in [6.07, 6.45) is 0.710. The molecule has 1 aromatic rings. The fourth-order valence-electron chi connectivity index (χ4n) is 1.54. The topological polar surface area (TPSA) is 29.1 Å². The lowest BCUT2D eigenvalue weighted by Crippen LogP contribution is -2.33. The predicted octanol–water partition coefficient (Wildman–Crippen LogP) is 4.13. The zero-order valence-electron chi connectivity index (χ0n) is 9.64. The average Bonchev–Trinajstić information content (AvgIpc) is 2.14. The molecule has 0 spiro atoms. The van der Waals surface area contributed by atoms with Crippen molar-refractivity contribution in [1.82, 2.24) is 5.32 Å². The van der Waals surface area contributed by atoms with Crippen LogP contribution in [0.4, 0.5) is 0 Å². The summed E-state index contributed by atoms with van der Waals surface area (Å²) in [4.78, 5) is 11.9. The lowest BCUT2D eigenvalue weighted by molar-refractivity contribution is 0.0938. The molecular weight excluding hydrogens is 280 g/mol. The average molecular weight is 295 g/mol. The third-order valence-electron chi connectivity index (χ3n) is 2.18. The molecule has 0 heterocycles. The highest BCUT2D eigenvalue weighted by atomic mass is 35.5. The van der Waals surface area contributed by atoms with Gasteiger partial charge >= 0.3 is 0 Å². The molecule has 0 aliphatic rings. The van der Waals surface area contributed by atoms with Crippen LogP contribution in [0.5, 0.6) is 0 Å². The highest BCUT2D eigenvalue weighted by Crippen LogP contribution is 2.19. The normalized spacial score (nSPS) is 14.2. The van der Waals surface area contributed by atoms with E-state index in [0.717, 1.165) is 0 Å². The summed E-state index contributed by atoms with van der Waals surface area (Å²) in [5.41, 5.74) is 0.455. The lowest BCUT2D eigenvalue weighted by atomic mass is 10.1. The van der Waals surface area contributed by atoms with Crippen LogP contribution in [-0.4, -0.2) is 17.3 Å². The number of halogens is 3. The largest absolute Gasteiger partial charge is 0.350 e. The quantitative estimate of drug-likeness (QED) is 0.831. The van der Waals surface area contributed by atoms with Crippen LogP contribution in [0.25, 0.3) is 0 Å². The molecule has 1 rings (SSSR count). The second kappa shape index (κ2) is 6.48. The standard InChI is InChI=1S/C12H14Cl3NO/c1-7(13)3-8(2)16-12(17)9-4-10(14)6-11(15)5-9/h4-8H,3H2,1-2H3,(H,16,17). The maximum absolute atomic E-state index is 11.9. The zero-order chi connectivity index (χ0) is 13.0. The van der Waals surface area contributed by atoms with Crippen LogP contribution in [0.3, 0.4) is 0 Å². The van der Waals surface area contributed by atoms with Crippen LogP contribution in [0.1, 0.15) is 30.6 Å². The van der Waals surface area contributed by atoms with E-state index in [1.807, 2.05) is 13.8 Å². The number of carbonyl (C=O) groups is 1. The Morgan fingerprint density at radius 1 is 1.24 bits per heavy atom. The third kappa shape index (κ3) is 5.15. The first-order valence-electron chi connectivity index (χ1n) is 5.29. The van der Waals surface area contributed by atoms with Crippen molar-refractivity contribution in [1.29, 1.82) is 0 Å². The molecule has 0 aliphatic carbocycles. The molecule has 0 bridgehead atoms. The molecule has 1 aromatic carbocycles. The van der Waals surface area contributed by atoms with Gasteiger partial charge in [0.05, 0.1) is 0 Å². The van der Waals surface area contributed by atoms with Crippen molar-refractivity contribution in [3.63, 3.8) is 0 Å². The van der Waals surface area contributed by atoms with Gasteiger partial charge in [-0.2, -0.15) is 0 Å². The summed E-state index contributed by atoms with van der Waals surface area (Å²) in [5.74, 6) is -0.195. The Kier molecular flexibility index (Phi) is 5.57. The molecule has 0 aromatic heterocycles. The van der Waals surface area contributed by atoms with Crippen molar-refractivity contribution in [2.24, 2.45) is 0 Å². The molecule has 94 valence electrons. The van der Waals surface area contributed by atoms with Crippen molar-refractivity contribution >= 4 is 40.7 Å². The van der Waals surface area contributed by atoms with Gasteiger partial charge in [0.25, 0.3) is 5.91 Å². The first-order valence-corrected chi connectivity index (χ1v) is 6.48. The fraction of sp³-hybridized carbons (Fsp3) is 0.417. The number of hydrogen-bond donors (Lipinski definition) is 1. The highest BCUT2D eigenvalue weighted by Gasteiger charge is 2.12. The van der Waals surface area contributed by atoms with E-state index in [4.69, 9.17) is 34.8 Å². The Balaban J connectivity index is 2.69. The fourth-order valence-corrected chi connectivity index (χ4v) is 2.33. The summed E-state index contributed by atoms with van der Waals surface area (Å²) in [7, 11) is 0. The molecule has 0 fully saturated rings. The number of carbonyl (C=O) groups excluding carboxylic acids is 1. The second-order valence-electron chi connectivity index (χ2n) is 4.05. The van der Waals surface area contributed by atoms with Gasteiger partial charge in [-0.05, 0) is 38.5 Å². The Morgan fingerprint density at radius 3 is 2.24 bits per heavy atom. The van der Waals surface area contributed by atoms with Crippen molar-refractivity contribution in [3.05, 3.63) is 33.8 Å². The van der Waals surface area contributed by atoms with Gasteiger partial charge in [0.2, 0.25) is 0 Å². The van der Waals surface area contributed by atoms with E-state index >= 15 is 0 Å². The van der Waals surface area contributed by atoms with E-state index in [2.05, 4.69) is 5.32 Å². The van der Waals surface area contributed by atoms with E-state index in [-0.39, 0.29) is 17.3 Å². The van der Waals surface area contributed by atoms with Gasteiger partial charge in [0.15, 0.2) is 0 Å². The van der Waals surface area contributed by atoms with E-state index in [1.165, 1.54) is 0 Å². The summed E-state index contributed by atoms with van der Waals surface area (Å²) in [6, 6.07) is 4.76. The molecule has 1 amide bonds. The van der Waals surface area contributed by atoms with E-state index in [1.54, 1.807) is 18.2 Å². The minimum absolute atomic E-state index is 0.00718. The van der Waals surface area contributed by atoms with Crippen LogP contribution in [0.2, 0.25) is 10.0 Å². The molecule has 0 saturated carbocycles. The van der Waals surface area contributed by atoms with Gasteiger partial charge in [-0.25, -0.2) is 0 Å². The monoisotopic (exact) mass is 293 g/mol. The van der Waals surface area contributed by atoms with Crippen LogP contribution in [-0.2, 0) is 0 Å². The van der Waals surface area contributed by atoms with Crippen molar-refractivity contribution in [3.8, 4) is 0 Å². The molecule has 0 aliphatic heterocycles. The van der Waals surface area contributed by atoms with Crippen molar-refractivity contribution < 1.29 is 4.79 Å². The van der Waals surface area contributed by atoms with Gasteiger partial charge in [-0.1, -0.05) is 23.2 Å². The minimum Gasteiger partial charge on any atom is -0.350 e. The number of amides is 1. The van der Waals surface area contributed by atoms with Gasteiger partial charge in [0, 0.05) is 27.0 Å². The highest BCUT2D eigenvalue weighted by molar-refractivity contribution is 6.35. The Morgan fingerprint density at radius 2 is 1.76 bits per heavy atom. The first-order chi connectivity index (χ1) is 7.88.